The molecule has 0 bridgehead atoms. The summed E-state index contributed by atoms with van der Waals surface area (Å²) in [6, 6.07) is 1.31. The van der Waals surface area contributed by atoms with Gasteiger partial charge in [0.2, 0.25) is 11.7 Å². The molecule has 0 aliphatic rings. The van der Waals surface area contributed by atoms with E-state index in [1.165, 1.54) is 13.2 Å². The summed E-state index contributed by atoms with van der Waals surface area (Å²) >= 11 is 0. The number of aldehydes is 1. The Balaban J connectivity index is 2.55. The summed E-state index contributed by atoms with van der Waals surface area (Å²) in [4.78, 5) is 32.1. The fourth-order valence-corrected chi connectivity index (χ4v) is 0.974. The minimum Gasteiger partial charge on any atom is -0.463 e. The van der Waals surface area contributed by atoms with Gasteiger partial charge in [0.05, 0.1) is 25.8 Å². The van der Waals surface area contributed by atoms with Crippen LogP contribution in [-0.4, -0.2) is 37.0 Å². The number of esters is 1. The third-order valence-corrected chi connectivity index (χ3v) is 1.67. The van der Waals surface area contributed by atoms with Gasteiger partial charge in [0.25, 0.3) is 0 Å². The molecule has 1 aromatic heterocycles. The number of rotatable bonds is 5. The molecule has 1 aromatic rings. The van der Waals surface area contributed by atoms with Crippen LogP contribution < -0.4 is 5.32 Å². The van der Waals surface area contributed by atoms with Crippen molar-refractivity contribution in [2.24, 2.45) is 0 Å². The summed E-state index contributed by atoms with van der Waals surface area (Å²) in [7, 11) is 1.21. The Labute approximate surface area is 90.7 Å². The summed E-state index contributed by atoms with van der Waals surface area (Å²) in [5.41, 5.74) is 0.295. The number of methoxy groups -OCH3 is 1. The van der Waals surface area contributed by atoms with E-state index in [4.69, 9.17) is 0 Å². The standard InChI is InChI=1S/C9H10N2O5/c1-15-9(14)7-4-6(11-16-7)5-8(13)10-2-3-12/h3-4H,2,5H2,1H3,(H,10,13). The highest BCUT2D eigenvalue weighted by molar-refractivity contribution is 5.86. The maximum absolute atomic E-state index is 11.2. The zero-order chi connectivity index (χ0) is 12.0. The molecular formula is C9H10N2O5. The van der Waals surface area contributed by atoms with Crippen LogP contribution in [0.3, 0.4) is 0 Å². The van der Waals surface area contributed by atoms with Crippen molar-refractivity contribution < 1.29 is 23.6 Å². The van der Waals surface area contributed by atoms with Crippen molar-refractivity contribution >= 4 is 18.2 Å². The van der Waals surface area contributed by atoms with Crippen LogP contribution in [0.4, 0.5) is 0 Å². The van der Waals surface area contributed by atoms with Gasteiger partial charge >= 0.3 is 5.97 Å². The molecule has 0 spiro atoms. The lowest BCUT2D eigenvalue weighted by Crippen LogP contribution is -2.26. The molecule has 0 aliphatic heterocycles. The van der Waals surface area contributed by atoms with E-state index in [0.717, 1.165) is 0 Å². The first-order valence-corrected chi connectivity index (χ1v) is 4.41. The molecular weight excluding hydrogens is 216 g/mol. The molecule has 86 valence electrons. The van der Waals surface area contributed by atoms with Crippen LogP contribution in [0.15, 0.2) is 10.6 Å². The average Bonchev–Trinajstić information content (AvgIpc) is 2.73. The average molecular weight is 226 g/mol. The van der Waals surface area contributed by atoms with Gasteiger partial charge in [-0.25, -0.2) is 4.79 Å². The molecule has 0 saturated heterocycles. The highest BCUT2D eigenvalue weighted by Gasteiger charge is 2.14. The summed E-state index contributed by atoms with van der Waals surface area (Å²) in [6.07, 6.45) is 0.509. The summed E-state index contributed by atoms with van der Waals surface area (Å²) in [5, 5.41) is 5.84. The number of aromatic nitrogens is 1. The lowest BCUT2D eigenvalue weighted by molar-refractivity contribution is -0.122. The largest absolute Gasteiger partial charge is 0.463 e. The van der Waals surface area contributed by atoms with Crippen LogP contribution in [0.5, 0.6) is 0 Å². The molecule has 1 heterocycles. The van der Waals surface area contributed by atoms with Gasteiger partial charge in [-0.3, -0.25) is 4.79 Å². The number of amides is 1. The Morgan fingerprint density at radius 3 is 3.00 bits per heavy atom. The lowest BCUT2D eigenvalue weighted by atomic mass is 10.3. The van der Waals surface area contributed by atoms with Crippen LogP contribution in [0.2, 0.25) is 0 Å². The van der Waals surface area contributed by atoms with Crippen LogP contribution in [-0.2, 0) is 20.7 Å². The molecule has 0 saturated carbocycles. The topological polar surface area (TPSA) is 98.5 Å². The lowest BCUT2D eigenvalue weighted by Gasteiger charge is -1.96. The van der Waals surface area contributed by atoms with Gasteiger partial charge in [0.1, 0.15) is 6.29 Å². The zero-order valence-electron chi connectivity index (χ0n) is 8.56. The van der Waals surface area contributed by atoms with Crippen molar-refractivity contribution in [3.63, 3.8) is 0 Å². The normalized spacial score (nSPS) is 9.56. The Morgan fingerprint density at radius 2 is 2.38 bits per heavy atom. The van der Waals surface area contributed by atoms with Crippen molar-refractivity contribution in [1.29, 1.82) is 0 Å². The molecule has 7 nitrogen and oxygen atoms in total. The smallest absolute Gasteiger partial charge is 0.376 e. The minimum atomic E-state index is -0.660. The van der Waals surface area contributed by atoms with Crippen molar-refractivity contribution in [2.75, 3.05) is 13.7 Å². The Morgan fingerprint density at radius 1 is 1.62 bits per heavy atom. The van der Waals surface area contributed by atoms with E-state index in [9.17, 15) is 14.4 Å². The second-order valence-corrected chi connectivity index (χ2v) is 2.82. The van der Waals surface area contributed by atoms with Crippen molar-refractivity contribution in [2.45, 2.75) is 6.42 Å². The first-order chi connectivity index (χ1) is 7.67. The number of carbonyl (C=O) groups is 3. The Hall–Kier alpha value is -2.18. The van der Waals surface area contributed by atoms with Crippen LogP contribution >= 0.6 is 0 Å². The predicted octanol–water partition coefficient (Wildman–Crippen LogP) is -0.681. The molecule has 0 unspecified atom stereocenters. The molecule has 7 heteroatoms. The van der Waals surface area contributed by atoms with E-state index in [1.54, 1.807) is 0 Å². The van der Waals surface area contributed by atoms with Crippen molar-refractivity contribution in [3.05, 3.63) is 17.5 Å². The number of carbonyl (C=O) groups excluding carboxylic acids is 3. The maximum atomic E-state index is 11.2. The maximum Gasteiger partial charge on any atom is 0.376 e. The molecule has 1 rings (SSSR count). The molecule has 0 aromatic carbocycles. The highest BCUT2D eigenvalue weighted by Crippen LogP contribution is 2.05. The van der Waals surface area contributed by atoms with Gasteiger partial charge < -0.3 is 19.4 Å². The number of hydrogen-bond donors (Lipinski definition) is 1. The van der Waals surface area contributed by atoms with Gasteiger partial charge in [0, 0.05) is 6.07 Å². The third-order valence-electron chi connectivity index (χ3n) is 1.67. The number of nitrogens with zero attached hydrogens (tertiary/aromatic N) is 1. The van der Waals surface area contributed by atoms with E-state index < -0.39 is 5.97 Å². The first kappa shape index (κ1) is 11.9. The predicted molar refractivity (Wildman–Crippen MR) is 50.6 cm³/mol. The van der Waals surface area contributed by atoms with E-state index in [-0.39, 0.29) is 24.6 Å². The number of nitrogens with one attached hydrogen (secondary N) is 1. The van der Waals surface area contributed by atoms with Crippen LogP contribution in [0.25, 0.3) is 0 Å². The van der Waals surface area contributed by atoms with Crippen molar-refractivity contribution in [1.82, 2.24) is 10.5 Å². The van der Waals surface area contributed by atoms with Gasteiger partial charge in [0.15, 0.2) is 0 Å². The third kappa shape index (κ3) is 3.19. The molecule has 1 amide bonds. The SMILES string of the molecule is COC(=O)c1cc(CC(=O)NCC=O)no1. The summed E-state index contributed by atoms with van der Waals surface area (Å²) in [5.74, 6) is -1.11. The fraction of sp³-hybridized carbons (Fsp3) is 0.333. The highest BCUT2D eigenvalue weighted by atomic mass is 16.5. The van der Waals surface area contributed by atoms with Crippen LogP contribution in [0, 0.1) is 0 Å². The first-order valence-electron chi connectivity index (χ1n) is 4.41. The van der Waals surface area contributed by atoms with Gasteiger partial charge in [-0.05, 0) is 0 Å². The number of ether oxygens (including phenoxy) is 1. The quantitative estimate of drug-likeness (QED) is 0.527. The monoisotopic (exact) mass is 226 g/mol. The molecule has 0 fully saturated rings. The Kier molecular flexibility index (Phi) is 4.19. The van der Waals surface area contributed by atoms with Gasteiger partial charge in [-0.1, -0.05) is 5.16 Å². The van der Waals surface area contributed by atoms with E-state index in [0.29, 0.717) is 12.0 Å². The molecule has 0 atom stereocenters. The van der Waals surface area contributed by atoms with E-state index >= 15 is 0 Å². The van der Waals surface area contributed by atoms with E-state index in [1.807, 2.05) is 0 Å². The van der Waals surface area contributed by atoms with Gasteiger partial charge in [-0.15, -0.1) is 0 Å². The Bertz CT molecular complexity index is 398. The van der Waals surface area contributed by atoms with Gasteiger partial charge in [-0.2, -0.15) is 0 Å². The molecule has 0 radical (unpaired) electrons. The second kappa shape index (κ2) is 5.64. The minimum absolute atomic E-state index is 0.0550. The number of hydrogen-bond acceptors (Lipinski definition) is 6. The zero-order valence-corrected chi connectivity index (χ0v) is 8.56. The van der Waals surface area contributed by atoms with Crippen molar-refractivity contribution in [3.8, 4) is 0 Å². The second-order valence-electron chi connectivity index (χ2n) is 2.82. The molecule has 16 heavy (non-hydrogen) atoms. The molecule has 0 aliphatic carbocycles. The summed E-state index contributed by atoms with van der Waals surface area (Å²) < 4.78 is 9.05. The fourth-order valence-electron chi connectivity index (χ4n) is 0.974. The van der Waals surface area contributed by atoms with Crippen LogP contribution in [0.1, 0.15) is 16.2 Å². The molecule has 1 N–H and O–H groups in total. The van der Waals surface area contributed by atoms with E-state index in [2.05, 4.69) is 19.7 Å². The summed E-state index contributed by atoms with van der Waals surface area (Å²) in [6.45, 7) is -0.0550.